The quantitative estimate of drug-likeness (QED) is 0.740. The zero-order chi connectivity index (χ0) is 12.8. The Kier molecular flexibility index (Phi) is 5.01. The highest BCUT2D eigenvalue weighted by Crippen LogP contribution is 2.21. The molecule has 3 heteroatoms. The predicted octanol–water partition coefficient (Wildman–Crippen LogP) is 3.10. The van der Waals surface area contributed by atoms with Crippen LogP contribution in [0.2, 0.25) is 0 Å². The second-order valence-electron chi connectivity index (χ2n) is 3.90. The number of esters is 1. The average molecular weight is 236 g/mol. The summed E-state index contributed by atoms with van der Waals surface area (Å²) in [6.45, 7) is 7.88. The number of aryl methyl sites for hydroxylation is 1. The van der Waals surface area contributed by atoms with Crippen LogP contribution >= 0.6 is 0 Å². The second-order valence-corrected chi connectivity index (χ2v) is 3.90. The highest BCUT2D eigenvalue weighted by atomic mass is 16.6. The molecule has 1 heterocycles. The molecule has 2 unspecified atom stereocenters. The van der Waals surface area contributed by atoms with Gasteiger partial charge in [-0.05, 0) is 26.0 Å². The van der Waals surface area contributed by atoms with Crippen LogP contribution in [-0.2, 0) is 9.53 Å². The number of rotatable bonds is 2. The lowest BCUT2D eigenvalue weighted by molar-refractivity contribution is -0.145. The van der Waals surface area contributed by atoms with Gasteiger partial charge >= 0.3 is 5.97 Å². The molecule has 0 saturated carbocycles. The molecule has 1 aliphatic rings. The maximum Gasteiger partial charge on any atom is 0.347 e. The zero-order valence-corrected chi connectivity index (χ0v) is 10.9. The topological polar surface area (TPSA) is 35.5 Å². The van der Waals surface area contributed by atoms with Crippen LogP contribution in [0.1, 0.15) is 32.8 Å². The van der Waals surface area contributed by atoms with Gasteiger partial charge in [0, 0.05) is 6.42 Å². The fourth-order valence-corrected chi connectivity index (χ4v) is 1.60. The number of carbonyl (C=O) groups excluding carboxylic acids is 1. The van der Waals surface area contributed by atoms with Crippen LogP contribution in [-0.4, -0.2) is 18.2 Å². The molecule has 1 aromatic carbocycles. The maximum absolute atomic E-state index is 11.3. The van der Waals surface area contributed by atoms with Crippen molar-refractivity contribution < 1.29 is 14.3 Å². The predicted molar refractivity (Wildman–Crippen MR) is 67.1 cm³/mol. The minimum Gasteiger partial charge on any atom is -0.479 e. The van der Waals surface area contributed by atoms with Gasteiger partial charge in [-0.2, -0.15) is 0 Å². The summed E-state index contributed by atoms with van der Waals surface area (Å²) < 4.78 is 10.5. The molecule has 0 bridgehead atoms. The van der Waals surface area contributed by atoms with Gasteiger partial charge in [0.1, 0.15) is 11.9 Å². The number of carbonyl (C=O) groups is 1. The van der Waals surface area contributed by atoms with Crippen LogP contribution in [0, 0.1) is 6.92 Å². The molecule has 3 nitrogen and oxygen atoms in total. The van der Waals surface area contributed by atoms with Gasteiger partial charge in [0.05, 0.1) is 0 Å². The third kappa shape index (κ3) is 3.77. The lowest BCUT2D eigenvalue weighted by Gasteiger charge is -2.09. The Hall–Kier alpha value is -1.51. The Morgan fingerprint density at radius 1 is 1.24 bits per heavy atom. The second kappa shape index (κ2) is 6.28. The van der Waals surface area contributed by atoms with Crippen LogP contribution in [0.4, 0.5) is 0 Å². The molecule has 2 rings (SSSR count). The van der Waals surface area contributed by atoms with Gasteiger partial charge in [-0.25, -0.2) is 4.79 Å². The molecule has 0 amide bonds. The fourth-order valence-electron chi connectivity index (χ4n) is 1.60. The Bertz CT molecular complexity index is 356. The molecule has 1 saturated heterocycles. The van der Waals surface area contributed by atoms with Gasteiger partial charge in [-0.1, -0.05) is 31.5 Å². The molecule has 1 fully saturated rings. The molecule has 0 radical (unpaired) electrons. The van der Waals surface area contributed by atoms with Crippen molar-refractivity contribution in [3.05, 3.63) is 29.8 Å². The number of hydrogen-bond donors (Lipinski definition) is 0. The van der Waals surface area contributed by atoms with E-state index >= 15 is 0 Å². The fraction of sp³-hybridized carbons (Fsp3) is 0.500. The minimum absolute atomic E-state index is 0.0343. The number of benzene rings is 1. The summed E-state index contributed by atoms with van der Waals surface area (Å²) in [5, 5.41) is 0. The monoisotopic (exact) mass is 236 g/mol. The highest BCUT2D eigenvalue weighted by Gasteiger charge is 2.33. The molecule has 0 spiro atoms. The maximum atomic E-state index is 11.3. The number of cyclic esters (lactones) is 1. The van der Waals surface area contributed by atoms with Gasteiger partial charge in [-0.3, -0.25) is 0 Å². The zero-order valence-electron chi connectivity index (χ0n) is 10.9. The van der Waals surface area contributed by atoms with E-state index in [-0.39, 0.29) is 12.1 Å². The molecule has 1 aromatic rings. The molecule has 0 aromatic heterocycles. The molecular formula is C14H20O3. The summed E-state index contributed by atoms with van der Waals surface area (Å²) in [6, 6.07) is 7.65. The highest BCUT2D eigenvalue weighted by molar-refractivity contribution is 5.77. The molecule has 2 atom stereocenters. The molecule has 0 N–H and O–H groups in total. The first-order valence-corrected chi connectivity index (χ1v) is 6.09. The van der Waals surface area contributed by atoms with Crippen molar-refractivity contribution in [1.29, 1.82) is 0 Å². The molecule has 1 aliphatic heterocycles. The summed E-state index contributed by atoms with van der Waals surface area (Å²) in [5.74, 6) is 0.458. The third-order valence-corrected chi connectivity index (χ3v) is 2.43. The Labute approximate surface area is 103 Å². The summed E-state index contributed by atoms with van der Waals surface area (Å²) in [4.78, 5) is 11.3. The van der Waals surface area contributed by atoms with Crippen molar-refractivity contribution in [2.24, 2.45) is 0 Å². The molecule has 94 valence electrons. The normalized spacial score (nSPS) is 22.5. The van der Waals surface area contributed by atoms with E-state index < -0.39 is 6.10 Å². The van der Waals surface area contributed by atoms with E-state index in [1.807, 2.05) is 52.0 Å². The van der Waals surface area contributed by atoms with Gasteiger partial charge < -0.3 is 9.47 Å². The first-order chi connectivity index (χ1) is 8.15. The standard InChI is InChI=1S/C12H14O3.C2H6/c1-8-3-5-10(6-4-8)15-11-7-9(2)14-12(11)13;1-2/h3-6,9,11H,7H2,1-2H3;1-2H3. The molecule has 17 heavy (non-hydrogen) atoms. The smallest absolute Gasteiger partial charge is 0.347 e. The van der Waals surface area contributed by atoms with Gasteiger partial charge in [-0.15, -0.1) is 0 Å². The van der Waals surface area contributed by atoms with Crippen LogP contribution in [0.5, 0.6) is 5.75 Å². The van der Waals surface area contributed by atoms with E-state index in [4.69, 9.17) is 9.47 Å². The van der Waals surface area contributed by atoms with E-state index in [2.05, 4.69) is 0 Å². The Balaban J connectivity index is 0.000000686. The largest absolute Gasteiger partial charge is 0.479 e. The van der Waals surface area contributed by atoms with Crippen LogP contribution in [0.3, 0.4) is 0 Å². The van der Waals surface area contributed by atoms with Gasteiger partial charge in [0.2, 0.25) is 0 Å². The summed E-state index contributed by atoms with van der Waals surface area (Å²) in [7, 11) is 0. The van der Waals surface area contributed by atoms with Crippen molar-refractivity contribution >= 4 is 5.97 Å². The van der Waals surface area contributed by atoms with Crippen LogP contribution in [0.15, 0.2) is 24.3 Å². The van der Waals surface area contributed by atoms with E-state index in [0.717, 1.165) is 5.75 Å². The first-order valence-electron chi connectivity index (χ1n) is 6.09. The average Bonchev–Trinajstić information content (AvgIpc) is 2.63. The Morgan fingerprint density at radius 2 is 1.82 bits per heavy atom. The van der Waals surface area contributed by atoms with E-state index in [9.17, 15) is 4.79 Å². The van der Waals surface area contributed by atoms with Crippen molar-refractivity contribution in [2.75, 3.05) is 0 Å². The van der Waals surface area contributed by atoms with Crippen molar-refractivity contribution in [3.8, 4) is 5.75 Å². The summed E-state index contributed by atoms with van der Waals surface area (Å²) >= 11 is 0. The Morgan fingerprint density at radius 3 is 2.29 bits per heavy atom. The van der Waals surface area contributed by atoms with E-state index in [0.29, 0.717) is 6.42 Å². The van der Waals surface area contributed by atoms with E-state index in [1.54, 1.807) is 0 Å². The molecule has 0 aliphatic carbocycles. The lowest BCUT2D eigenvalue weighted by Crippen LogP contribution is -2.21. The summed E-state index contributed by atoms with van der Waals surface area (Å²) in [5.41, 5.74) is 1.17. The van der Waals surface area contributed by atoms with E-state index in [1.165, 1.54) is 5.56 Å². The number of ether oxygens (including phenoxy) is 2. The SMILES string of the molecule is CC.Cc1ccc(OC2CC(C)OC2=O)cc1. The number of hydrogen-bond acceptors (Lipinski definition) is 3. The van der Waals surface area contributed by atoms with Crippen LogP contribution in [0.25, 0.3) is 0 Å². The summed E-state index contributed by atoms with van der Waals surface area (Å²) in [6.07, 6.45) is 0.155. The van der Waals surface area contributed by atoms with Crippen molar-refractivity contribution in [3.63, 3.8) is 0 Å². The third-order valence-electron chi connectivity index (χ3n) is 2.43. The first kappa shape index (κ1) is 13.6. The van der Waals surface area contributed by atoms with Crippen LogP contribution < -0.4 is 4.74 Å². The van der Waals surface area contributed by atoms with Gasteiger partial charge in [0.25, 0.3) is 0 Å². The van der Waals surface area contributed by atoms with Crippen molar-refractivity contribution in [1.82, 2.24) is 0 Å². The molecular weight excluding hydrogens is 216 g/mol. The van der Waals surface area contributed by atoms with Gasteiger partial charge in [0.15, 0.2) is 6.10 Å². The lowest BCUT2D eigenvalue weighted by atomic mass is 10.2. The minimum atomic E-state index is -0.442. The van der Waals surface area contributed by atoms with Crippen molar-refractivity contribution in [2.45, 2.75) is 46.3 Å².